The Kier molecular flexibility index (Phi) is 11.4. The number of nitrogens with one attached hydrogen (secondary N) is 3. The van der Waals surface area contributed by atoms with Gasteiger partial charge in [-0.2, -0.15) is 0 Å². The lowest BCUT2D eigenvalue weighted by Gasteiger charge is -2.31. The molecule has 2 aliphatic heterocycles. The number of rotatable bonds is 2. The SMILES string of the molecule is CC1CN(C(=O)c2ccccc2)CCN1.CC1CNCCN1.COC(=O)c1ccccc1. The number of methoxy groups -OCH3 is 1. The minimum Gasteiger partial charge on any atom is -0.465 e. The highest BCUT2D eigenvalue weighted by Crippen LogP contribution is 2.07. The third-order valence-electron chi connectivity index (χ3n) is 5.12. The van der Waals surface area contributed by atoms with Crippen molar-refractivity contribution in [3.05, 3.63) is 71.8 Å². The summed E-state index contributed by atoms with van der Waals surface area (Å²) >= 11 is 0. The van der Waals surface area contributed by atoms with Crippen molar-refractivity contribution in [2.24, 2.45) is 0 Å². The summed E-state index contributed by atoms with van der Waals surface area (Å²) in [7, 11) is 1.37. The number of carbonyl (C=O) groups excluding carboxylic acids is 2. The van der Waals surface area contributed by atoms with E-state index >= 15 is 0 Å². The Morgan fingerprint density at radius 2 is 1.44 bits per heavy atom. The van der Waals surface area contributed by atoms with Gasteiger partial charge in [0.1, 0.15) is 0 Å². The summed E-state index contributed by atoms with van der Waals surface area (Å²) in [6.45, 7) is 10.2. The summed E-state index contributed by atoms with van der Waals surface area (Å²) in [5.74, 6) is -0.149. The molecule has 2 aliphatic rings. The molecule has 3 N–H and O–H groups in total. The summed E-state index contributed by atoms with van der Waals surface area (Å²) in [4.78, 5) is 24.7. The van der Waals surface area contributed by atoms with Crippen LogP contribution in [0.25, 0.3) is 0 Å². The molecule has 2 aromatic rings. The molecular formula is C25H36N4O3. The van der Waals surface area contributed by atoms with Crippen molar-refractivity contribution in [2.45, 2.75) is 25.9 Å². The Morgan fingerprint density at radius 3 is 1.91 bits per heavy atom. The summed E-state index contributed by atoms with van der Waals surface area (Å²) in [5.41, 5.74) is 1.37. The van der Waals surface area contributed by atoms with Crippen LogP contribution in [0.1, 0.15) is 34.6 Å². The van der Waals surface area contributed by atoms with E-state index in [1.54, 1.807) is 24.3 Å². The molecule has 2 saturated heterocycles. The first kappa shape index (κ1) is 25.5. The normalized spacial score (nSPS) is 20.0. The summed E-state index contributed by atoms with van der Waals surface area (Å²) in [6, 6.07) is 19.4. The zero-order valence-electron chi connectivity index (χ0n) is 19.3. The first-order valence-corrected chi connectivity index (χ1v) is 11.2. The molecule has 1 amide bonds. The highest BCUT2D eigenvalue weighted by atomic mass is 16.5. The Labute approximate surface area is 191 Å². The van der Waals surface area contributed by atoms with Gasteiger partial charge in [0.2, 0.25) is 0 Å². The van der Waals surface area contributed by atoms with E-state index in [4.69, 9.17) is 0 Å². The first-order chi connectivity index (χ1) is 15.5. The second-order valence-corrected chi connectivity index (χ2v) is 7.89. The maximum Gasteiger partial charge on any atom is 0.337 e. The van der Waals surface area contributed by atoms with Crippen LogP contribution < -0.4 is 16.0 Å². The molecule has 32 heavy (non-hydrogen) atoms. The molecule has 4 rings (SSSR count). The van der Waals surface area contributed by atoms with Crippen LogP contribution in [-0.4, -0.2) is 75.2 Å². The summed E-state index contributed by atoms with van der Waals surface area (Å²) in [6.07, 6.45) is 0. The molecule has 2 unspecified atom stereocenters. The number of benzene rings is 2. The standard InChI is InChI=1S/C12H16N2O.C8H8O2.C5H12N2/c1-10-9-14(8-7-13-10)12(15)11-5-3-2-4-6-11;1-10-8(9)7-5-3-2-4-6-7;1-5-4-6-2-3-7-5/h2-6,10,13H,7-9H2,1H3;2-6H,1H3;5-7H,2-4H2,1H3. The van der Waals surface area contributed by atoms with Gasteiger partial charge in [0, 0.05) is 56.9 Å². The molecule has 2 fully saturated rings. The van der Waals surface area contributed by atoms with Gasteiger partial charge in [-0.3, -0.25) is 4.79 Å². The highest BCUT2D eigenvalue weighted by molar-refractivity contribution is 5.94. The molecule has 174 valence electrons. The lowest BCUT2D eigenvalue weighted by atomic mass is 10.1. The van der Waals surface area contributed by atoms with E-state index in [9.17, 15) is 9.59 Å². The molecule has 2 heterocycles. The van der Waals surface area contributed by atoms with Gasteiger partial charge in [0.15, 0.2) is 0 Å². The maximum atomic E-state index is 12.0. The smallest absolute Gasteiger partial charge is 0.337 e. The van der Waals surface area contributed by atoms with Gasteiger partial charge in [-0.05, 0) is 38.1 Å². The molecule has 0 radical (unpaired) electrons. The van der Waals surface area contributed by atoms with E-state index < -0.39 is 0 Å². The zero-order chi connectivity index (χ0) is 23.2. The average molecular weight is 441 g/mol. The van der Waals surface area contributed by atoms with Crippen molar-refractivity contribution in [1.29, 1.82) is 0 Å². The Balaban J connectivity index is 0.000000184. The number of hydrogen-bond acceptors (Lipinski definition) is 6. The van der Waals surface area contributed by atoms with Gasteiger partial charge in [-0.15, -0.1) is 0 Å². The number of nitrogens with zero attached hydrogens (tertiary/aromatic N) is 1. The molecule has 0 aromatic heterocycles. The van der Waals surface area contributed by atoms with Crippen LogP contribution in [0.15, 0.2) is 60.7 Å². The van der Waals surface area contributed by atoms with Crippen LogP contribution >= 0.6 is 0 Å². The van der Waals surface area contributed by atoms with Crippen LogP contribution in [0.5, 0.6) is 0 Å². The molecule has 0 bridgehead atoms. The van der Waals surface area contributed by atoms with Crippen molar-refractivity contribution < 1.29 is 14.3 Å². The Bertz CT molecular complexity index is 795. The molecule has 0 aliphatic carbocycles. The van der Waals surface area contributed by atoms with Crippen LogP contribution in [0, 0.1) is 0 Å². The average Bonchev–Trinajstić information content (AvgIpc) is 2.85. The van der Waals surface area contributed by atoms with Crippen molar-refractivity contribution >= 4 is 11.9 Å². The largest absolute Gasteiger partial charge is 0.465 e. The fourth-order valence-electron chi connectivity index (χ4n) is 3.37. The molecule has 0 spiro atoms. The molecule has 7 heteroatoms. The number of carbonyl (C=O) groups is 2. The van der Waals surface area contributed by atoms with E-state index in [1.807, 2.05) is 41.3 Å². The minimum atomic E-state index is -0.291. The molecule has 7 nitrogen and oxygen atoms in total. The molecule has 0 saturated carbocycles. The quantitative estimate of drug-likeness (QED) is 0.621. The van der Waals surface area contributed by atoms with Gasteiger partial charge in [-0.25, -0.2) is 4.79 Å². The van der Waals surface area contributed by atoms with Crippen LogP contribution in [-0.2, 0) is 4.74 Å². The van der Waals surface area contributed by atoms with Crippen LogP contribution in [0.3, 0.4) is 0 Å². The maximum absolute atomic E-state index is 12.0. The lowest BCUT2D eigenvalue weighted by molar-refractivity contribution is 0.0600. The number of amides is 1. The highest BCUT2D eigenvalue weighted by Gasteiger charge is 2.21. The van der Waals surface area contributed by atoms with Gasteiger partial charge in [-0.1, -0.05) is 36.4 Å². The van der Waals surface area contributed by atoms with E-state index in [0.717, 1.165) is 44.8 Å². The van der Waals surface area contributed by atoms with E-state index in [2.05, 4.69) is 34.5 Å². The number of piperazine rings is 2. The third-order valence-corrected chi connectivity index (χ3v) is 5.12. The predicted molar refractivity (Wildman–Crippen MR) is 128 cm³/mol. The van der Waals surface area contributed by atoms with E-state index in [-0.39, 0.29) is 11.9 Å². The van der Waals surface area contributed by atoms with Crippen molar-refractivity contribution in [3.8, 4) is 0 Å². The number of esters is 1. The monoisotopic (exact) mass is 440 g/mol. The van der Waals surface area contributed by atoms with Crippen molar-refractivity contribution in [1.82, 2.24) is 20.9 Å². The number of hydrogen-bond donors (Lipinski definition) is 3. The van der Waals surface area contributed by atoms with E-state index in [1.165, 1.54) is 7.11 Å². The second-order valence-electron chi connectivity index (χ2n) is 7.89. The zero-order valence-corrected chi connectivity index (χ0v) is 19.3. The van der Waals surface area contributed by atoms with Crippen molar-refractivity contribution in [3.63, 3.8) is 0 Å². The first-order valence-electron chi connectivity index (χ1n) is 11.2. The third kappa shape index (κ3) is 9.18. The summed E-state index contributed by atoms with van der Waals surface area (Å²) in [5, 5.41) is 9.92. The van der Waals surface area contributed by atoms with Gasteiger partial charge in [0.25, 0.3) is 5.91 Å². The Hall–Kier alpha value is -2.74. The second kappa shape index (κ2) is 14.3. The van der Waals surface area contributed by atoms with Gasteiger partial charge < -0.3 is 25.6 Å². The van der Waals surface area contributed by atoms with Gasteiger partial charge in [0.05, 0.1) is 12.7 Å². The topological polar surface area (TPSA) is 82.7 Å². The van der Waals surface area contributed by atoms with Crippen molar-refractivity contribution in [2.75, 3.05) is 46.4 Å². The Morgan fingerprint density at radius 1 is 0.844 bits per heavy atom. The molecule has 2 aromatic carbocycles. The molecule has 2 atom stereocenters. The van der Waals surface area contributed by atoms with E-state index in [0.29, 0.717) is 17.6 Å². The van der Waals surface area contributed by atoms with Crippen LogP contribution in [0.2, 0.25) is 0 Å². The predicted octanol–water partition coefficient (Wildman–Crippen LogP) is 2.16. The summed E-state index contributed by atoms with van der Waals surface area (Å²) < 4.78 is 4.50. The fraction of sp³-hybridized carbons (Fsp3) is 0.440. The van der Waals surface area contributed by atoms with Gasteiger partial charge >= 0.3 is 5.97 Å². The number of ether oxygens (including phenoxy) is 1. The minimum absolute atomic E-state index is 0.143. The van der Waals surface area contributed by atoms with Crippen LogP contribution in [0.4, 0.5) is 0 Å². The molecular weight excluding hydrogens is 404 g/mol. The lowest BCUT2D eigenvalue weighted by Crippen LogP contribution is -2.51. The fourth-order valence-corrected chi connectivity index (χ4v) is 3.37.